The Morgan fingerprint density at radius 3 is 2.65 bits per heavy atom. The summed E-state index contributed by atoms with van der Waals surface area (Å²) in [7, 11) is 0. The molecule has 1 aliphatic carbocycles. The Hall–Kier alpha value is -3.85. The van der Waals surface area contributed by atoms with Crippen molar-refractivity contribution in [2.45, 2.75) is 44.6 Å². The number of fused-ring (bicyclic) bond motifs is 2. The maximum Gasteiger partial charge on any atom is 0.273 e. The molecule has 4 aromatic rings. The number of hydrogen-bond acceptors (Lipinski definition) is 5. The van der Waals surface area contributed by atoms with Crippen LogP contribution in [0.2, 0.25) is 0 Å². The number of thiocarbonyl (C=S) groups is 1. The Morgan fingerprint density at radius 2 is 1.90 bits per heavy atom. The first kappa shape index (κ1) is 25.1. The van der Waals surface area contributed by atoms with Gasteiger partial charge in [-0.15, -0.1) is 0 Å². The van der Waals surface area contributed by atoms with Crippen LogP contribution in [-0.2, 0) is 6.42 Å². The molecule has 2 aromatic heterocycles. The lowest BCUT2D eigenvalue weighted by atomic mass is 9.93. The number of halogens is 1. The number of nitrogens with two attached hydrogens (primary N) is 1. The zero-order valence-electron chi connectivity index (χ0n) is 22.4. The van der Waals surface area contributed by atoms with E-state index in [0.29, 0.717) is 46.6 Å². The highest BCUT2D eigenvalue weighted by Crippen LogP contribution is 2.41. The Kier molecular flexibility index (Phi) is 6.07. The molecule has 2 fully saturated rings. The molecule has 2 N–H and O–H groups in total. The molecule has 2 atom stereocenters. The van der Waals surface area contributed by atoms with Gasteiger partial charge in [0.25, 0.3) is 5.91 Å². The van der Waals surface area contributed by atoms with Gasteiger partial charge in [-0.1, -0.05) is 36.5 Å². The van der Waals surface area contributed by atoms with E-state index < -0.39 is 0 Å². The minimum absolute atomic E-state index is 0.0285. The van der Waals surface area contributed by atoms with Gasteiger partial charge in [0.2, 0.25) is 0 Å². The number of nitrogens with zero attached hydrogens (tertiary/aromatic N) is 5. The van der Waals surface area contributed by atoms with E-state index in [1.54, 1.807) is 22.7 Å². The second kappa shape index (κ2) is 9.66. The van der Waals surface area contributed by atoms with Crippen LogP contribution in [-0.4, -0.2) is 50.0 Å². The van der Waals surface area contributed by atoms with Crippen LogP contribution in [0.25, 0.3) is 16.9 Å². The molecule has 0 unspecified atom stereocenters. The predicted molar refractivity (Wildman–Crippen MR) is 157 cm³/mol. The van der Waals surface area contributed by atoms with Crippen LogP contribution in [0.3, 0.4) is 0 Å². The third-order valence-electron chi connectivity index (χ3n) is 8.71. The van der Waals surface area contributed by atoms with Gasteiger partial charge >= 0.3 is 0 Å². The molecule has 9 heteroatoms. The number of carbonyl (C=O) groups is 1. The van der Waals surface area contributed by atoms with Crippen molar-refractivity contribution in [3.05, 3.63) is 82.9 Å². The smallest absolute Gasteiger partial charge is 0.273 e. The third-order valence-corrected chi connectivity index (χ3v) is 9.04. The molecule has 7 rings (SSSR count). The third kappa shape index (κ3) is 4.33. The standard InChI is InChI=1S/C31H31FN6OS/c1-18-23-5-3-2-4-19(23)11-13-37(18)31(39)27-15-28(20-6-7-20)38-29(34-27)16-26(35-38)24-9-8-22(14-25(24)32)36-12-10-21(17-36)30(33)40/h2-5,8-9,14-16,18,20-21H,6-7,10-13,17H2,1H3,(H2,33,40)/t18-,21+/m1/s1. The van der Waals surface area contributed by atoms with E-state index in [-0.39, 0.29) is 23.7 Å². The van der Waals surface area contributed by atoms with Gasteiger partial charge in [0.05, 0.1) is 16.7 Å². The highest BCUT2D eigenvalue weighted by molar-refractivity contribution is 7.80. The van der Waals surface area contributed by atoms with Gasteiger partial charge in [-0.2, -0.15) is 5.10 Å². The molecule has 0 spiro atoms. The Balaban J connectivity index is 1.21. The molecule has 2 aromatic carbocycles. The van der Waals surface area contributed by atoms with Gasteiger partial charge in [-0.25, -0.2) is 13.9 Å². The number of rotatable bonds is 5. The maximum absolute atomic E-state index is 15.5. The van der Waals surface area contributed by atoms with Crippen molar-refractivity contribution in [1.82, 2.24) is 19.5 Å². The van der Waals surface area contributed by atoms with E-state index in [2.05, 4.69) is 24.0 Å². The number of anilines is 1. The fourth-order valence-corrected chi connectivity index (χ4v) is 6.43. The van der Waals surface area contributed by atoms with Gasteiger partial charge in [0, 0.05) is 54.5 Å². The van der Waals surface area contributed by atoms with Crippen LogP contribution in [0.15, 0.2) is 54.6 Å². The van der Waals surface area contributed by atoms with Gasteiger partial charge in [-0.05, 0) is 68.0 Å². The highest BCUT2D eigenvalue weighted by Gasteiger charge is 2.33. The summed E-state index contributed by atoms with van der Waals surface area (Å²) in [5, 5.41) is 4.77. The van der Waals surface area contributed by atoms with Crippen molar-refractivity contribution in [3.8, 4) is 11.3 Å². The zero-order valence-corrected chi connectivity index (χ0v) is 23.2. The summed E-state index contributed by atoms with van der Waals surface area (Å²) in [4.78, 5) is 23.1. The monoisotopic (exact) mass is 554 g/mol. The van der Waals surface area contributed by atoms with E-state index >= 15 is 4.39 Å². The van der Waals surface area contributed by atoms with Gasteiger partial charge < -0.3 is 15.5 Å². The first-order valence-electron chi connectivity index (χ1n) is 14.0. The quantitative estimate of drug-likeness (QED) is 0.338. The number of carbonyl (C=O) groups excluding carboxylic acids is 1. The summed E-state index contributed by atoms with van der Waals surface area (Å²) < 4.78 is 17.2. The van der Waals surface area contributed by atoms with Crippen molar-refractivity contribution in [2.24, 2.45) is 11.7 Å². The first-order chi connectivity index (χ1) is 19.4. The van der Waals surface area contributed by atoms with E-state index in [4.69, 9.17) is 28.0 Å². The molecule has 40 heavy (non-hydrogen) atoms. The van der Waals surface area contributed by atoms with Crippen molar-refractivity contribution in [1.29, 1.82) is 0 Å². The van der Waals surface area contributed by atoms with E-state index in [1.165, 1.54) is 11.1 Å². The summed E-state index contributed by atoms with van der Waals surface area (Å²) in [5.41, 5.74) is 12.0. The Labute approximate surface area is 237 Å². The average molecular weight is 555 g/mol. The first-order valence-corrected chi connectivity index (χ1v) is 14.4. The number of aromatic nitrogens is 3. The maximum atomic E-state index is 15.5. The van der Waals surface area contributed by atoms with E-state index in [9.17, 15) is 4.79 Å². The van der Waals surface area contributed by atoms with Gasteiger partial charge in [0.1, 0.15) is 11.5 Å². The molecule has 3 aliphatic rings. The summed E-state index contributed by atoms with van der Waals surface area (Å²) >= 11 is 5.15. The van der Waals surface area contributed by atoms with Crippen molar-refractivity contribution in [2.75, 3.05) is 24.5 Å². The van der Waals surface area contributed by atoms with Crippen molar-refractivity contribution in [3.63, 3.8) is 0 Å². The fraction of sp³-hybridized carbons (Fsp3) is 0.355. The largest absolute Gasteiger partial charge is 0.393 e. The van der Waals surface area contributed by atoms with Crippen LogP contribution < -0.4 is 10.6 Å². The number of hydrogen-bond donors (Lipinski definition) is 1. The normalized spacial score (nSPS) is 20.6. The van der Waals surface area contributed by atoms with Crippen molar-refractivity contribution < 1.29 is 9.18 Å². The zero-order chi connectivity index (χ0) is 27.5. The molecule has 7 nitrogen and oxygen atoms in total. The molecule has 204 valence electrons. The molecule has 4 heterocycles. The minimum atomic E-state index is -0.343. The number of amides is 1. The summed E-state index contributed by atoms with van der Waals surface area (Å²) in [5.74, 6) is 0.0614. The van der Waals surface area contributed by atoms with Crippen LogP contribution in [0, 0.1) is 11.7 Å². The topological polar surface area (TPSA) is 79.8 Å². The average Bonchev–Trinajstić information content (AvgIpc) is 3.51. The molecule has 0 radical (unpaired) electrons. The summed E-state index contributed by atoms with van der Waals surface area (Å²) in [6.07, 6.45) is 3.79. The van der Waals surface area contributed by atoms with E-state index in [1.807, 2.05) is 29.2 Å². The fourth-order valence-electron chi connectivity index (χ4n) is 6.24. The van der Waals surface area contributed by atoms with Crippen LogP contribution in [0.5, 0.6) is 0 Å². The summed E-state index contributed by atoms with van der Waals surface area (Å²) in [6, 6.07) is 17.2. The highest BCUT2D eigenvalue weighted by atomic mass is 32.1. The van der Waals surface area contributed by atoms with Crippen LogP contribution >= 0.6 is 12.2 Å². The number of benzene rings is 2. The Bertz CT molecular complexity index is 1660. The minimum Gasteiger partial charge on any atom is -0.393 e. The predicted octanol–water partition coefficient (Wildman–Crippen LogP) is 5.28. The van der Waals surface area contributed by atoms with Gasteiger partial charge in [-0.3, -0.25) is 4.79 Å². The van der Waals surface area contributed by atoms with E-state index in [0.717, 1.165) is 43.6 Å². The molecule has 2 aliphatic heterocycles. The second-order valence-corrected chi connectivity index (χ2v) is 11.7. The second-order valence-electron chi connectivity index (χ2n) is 11.3. The lowest BCUT2D eigenvalue weighted by Gasteiger charge is -2.35. The Morgan fingerprint density at radius 1 is 1.07 bits per heavy atom. The lowest BCUT2D eigenvalue weighted by Crippen LogP contribution is -2.39. The SMILES string of the molecule is C[C@@H]1c2ccccc2CCN1C(=O)c1cc(C2CC2)n2nc(-c3ccc(N4CC[C@H](C(N)=S)C4)cc3F)cc2n1. The van der Waals surface area contributed by atoms with Gasteiger partial charge in [0.15, 0.2) is 5.65 Å². The molecular formula is C31H31FN6OS. The van der Waals surface area contributed by atoms with Crippen LogP contribution in [0.4, 0.5) is 10.1 Å². The summed E-state index contributed by atoms with van der Waals surface area (Å²) in [6.45, 7) is 4.22. The molecule has 1 saturated carbocycles. The van der Waals surface area contributed by atoms with Crippen LogP contribution in [0.1, 0.15) is 65.5 Å². The molecular weight excluding hydrogens is 523 g/mol. The molecule has 0 bridgehead atoms. The molecule has 1 amide bonds. The molecule has 1 saturated heterocycles. The van der Waals surface area contributed by atoms with Crippen molar-refractivity contribution >= 4 is 34.4 Å². The lowest BCUT2D eigenvalue weighted by molar-refractivity contribution is 0.0671.